The van der Waals surface area contributed by atoms with E-state index in [2.05, 4.69) is 116 Å². The van der Waals surface area contributed by atoms with E-state index >= 15 is 0 Å². The van der Waals surface area contributed by atoms with Gasteiger partial charge in [0.15, 0.2) is 5.82 Å². The van der Waals surface area contributed by atoms with Crippen LogP contribution in [0.2, 0.25) is 0 Å². The van der Waals surface area contributed by atoms with Gasteiger partial charge in [-0.3, -0.25) is 24.9 Å². The SMILES string of the molecule is CC.CC.CC.Cc1ccccn1.Cc1ccccn1.Cc1cccnc1.Cc1cccnc1.Cc1cccnn1.Cc1ccncc1.Cc1ccncn1.Cc1ccnnc1.Cc1cncnc1.Cc1cncnc1.Cc1ncccn1.Cc1nnn(C)n1.Cc1nnnn1C. The van der Waals surface area contributed by atoms with Crippen molar-refractivity contribution in [3.8, 4) is 0 Å². The van der Waals surface area contributed by atoms with E-state index in [1.54, 1.807) is 131 Å². The Balaban J connectivity index is -0.000000980. The van der Waals surface area contributed by atoms with E-state index in [0.717, 1.165) is 51.1 Å². The fraction of sp³-hybridized carbons (Fsp3) is 0.292. The molecule has 0 radical (unpaired) electrons. The van der Waals surface area contributed by atoms with Gasteiger partial charge >= 0.3 is 0 Å². The molecule has 13 aromatic heterocycles. The van der Waals surface area contributed by atoms with Crippen LogP contribution in [-0.4, -0.2) is 126 Å². The summed E-state index contributed by atoms with van der Waals surface area (Å²) in [5.74, 6) is 2.37. The summed E-state index contributed by atoms with van der Waals surface area (Å²) >= 11 is 0. The van der Waals surface area contributed by atoms with Gasteiger partial charge in [0.2, 0.25) is 0 Å². The maximum absolute atomic E-state index is 3.98. The number of hydrogen-bond donors (Lipinski definition) is 0. The number of aryl methyl sites for hydroxylation is 15. The normalized spacial score (nSPS) is 8.46. The minimum Gasteiger partial charge on any atom is -0.265 e. The van der Waals surface area contributed by atoms with Crippen molar-refractivity contribution in [2.45, 2.75) is 132 Å². The molecule has 0 spiro atoms. The average Bonchev–Trinajstić information content (AvgIpc) is 4.46. The van der Waals surface area contributed by atoms with Gasteiger partial charge in [-0.2, -0.15) is 25.2 Å². The van der Waals surface area contributed by atoms with Crippen molar-refractivity contribution in [2.75, 3.05) is 0 Å². The van der Waals surface area contributed by atoms with Crippen molar-refractivity contribution in [2.24, 2.45) is 14.1 Å². The van der Waals surface area contributed by atoms with Crippen LogP contribution in [0.3, 0.4) is 0 Å². The topological polar surface area (TPSA) is 306 Å². The fourth-order valence-corrected chi connectivity index (χ4v) is 5.09. The smallest absolute Gasteiger partial charge is 0.171 e. The number of tetrazole rings is 2. The Morgan fingerprint density at radius 2 is 0.722 bits per heavy atom. The van der Waals surface area contributed by atoms with Crippen molar-refractivity contribution in [3.63, 3.8) is 0 Å². The molecule has 0 N–H and O–H groups in total. The van der Waals surface area contributed by atoms with Gasteiger partial charge in [0.1, 0.15) is 30.6 Å². The van der Waals surface area contributed by atoms with E-state index in [9.17, 15) is 0 Å². The van der Waals surface area contributed by atoms with Crippen LogP contribution >= 0.6 is 0 Å². The maximum atomic E-state index is 3.98. The van der Waals surface area contributed by atoms with Gasteiger partial charge in [-0.1, -0.05) is 65.8 Å². The molecule has 0 amide bonds. The zero-order chi connectivity index (χ0) is 72.8. The zero-order valence-electron chi connectivity index (χ0n) is 60.6. The van der Waals surface area contributed by atoms with E-state index in [4.69, 9.17) is 0 Å². The summed E-state index contributed by atoms with van der Waals surface area (Å²) in [6.07, 6.45) is 36.2. The summed E-state index contributed by atoms with van der Waals surface area (Å²) in [6.45, 7) is 37.3. The summed E-state index contributed by atoms with van der Waals surface area (Å²) in [7, 11) is 3.54. The Bertz CT molecular complexity index is 2870. The molecule has 13 heterocycles. The molecule has 0 saturated heterocycles. The van der Waals surface area contributed by atoms with Gasteiger partial charge in [-0.15, -0.1) is 15.3 Å². The summed E-state index contributed by atoms with van der Waals surface area (Å²) in [6, 6.07) is 32.9. The van der Waals surface area contributed by atoms with Gasteiger partial charge in [-0.25, -0.2) is 44.6 Å². The van der Waals surface area contributed by atoms with Crippen LogP contribution < -0.4 is 0 Å². The third-order valence-corrected chi connectivity index (χ3v) is 9.77. The molecule has 25 heteroatoms. The van der Waals surface area contributed by atoms with Gasteiger partial charge in [-0.05, 0) is 218 Å². The molecule has 0 fully saturated rings. The first-order valence-electron chi connectivity index (χ1n) is 31.0. The number of rotatable bonds is 0. The Kier molecular flexibility index (Phi) is 60.8. The second kappa shape index (κ2) is 65.8. The number of pyridine rings is 5. The van der Waals surface area contributed by atoms with E-state index in [0.29, 0.717) is 5.82 Å². The van der Waals surface area contributed by atoms with E-state index in [1.807, 2.05) is 234 Å². The molecule has 514 valence electrons. The first-order valence-corrected chi connectivity index (χ1v) is 31.0. The van der Waals surface area contributed by atoms with Crippen molar-refractivity contribution in [1.29, 1.82) is 0 Å². The van der Waals surface area contributed by atoms with Gasteiger partial charge in [0.25, 0.3) is 0 Å². The molecule has 0 aliphatic rings. The summed E-state index contributed by atoms with van der Waals surface area (Å²) < 4.78 is 1.61. The average molecular weight is 1320 g/mol. The van der Waals surface area contributed by atoms with E-state index in [-0.39, 0.29) is 0 Å². The third kappa shape index (κ3) is 62.9. The molecule has 97 heavy (non-hydrogen) atoms. The Labute approximate surface area is 576 Å². The Morgan fingerprint density at radius 3 is 0.907 bits per heavy atom. The summed E-state index contributed by atoms with van der Waals surface area (Å²) in [5.41, 5.74) is 11.1. The summed E-state index contributed by atoms with van der Waals surface area (Å²) in [4.78, 5) is 51.4. The highest BCUT2D eigenvalue weighted by molar-refractivity contribution is 5.07. The Hall–Kier alpha value is -11.6. The molecular weight excluding hydrogens is 1210 g/mol. The number of hydrogen-bond acceptors (Lipinski definition) is 23. The second-order valence-electron chi connectivity index (χ2n) is 18.5. The highest BCUT2D eigenvalue weighted by atomic mass is 15.6. The molecule has 0 saturated carbocycles. The van der Waals surface area contributed by atoms with Crippen molar-refractivity contribution < 1.29 is 0 Å². The minimum absolute atomic E-state index is 0.711. The molecule has 0 unspecified atom stereocenters. The third-order valence-electron chi connectivity index (χ3n) is 9.77. The highest BCUT2D eigenvalue weighted by Gasteiger charge is 1.88. The second-order valence-corrected chi connectivity index (χ2v) is 18.5. The summed E-state index contributed by atoms with van der Waals surface area (Å²) in [5, 5.41) is 36.2. The van der Waals surface area contributed by atoms with Crippen LogP contribution in [0.4, 0.5) is 0 Å². The van der Waals surface area contributed by atoms with Crippen LogP contribution in [0, 0.1) is 90.0 Å². The monoisotopic (exact) mass is 1320 g/mol. The molecule has 13 rings (SSSR count). The maximum Gasteiger partial charge on any atom is 0.171 e. The highest BCUT2D eigenvalue weighted by Crippen LogP contribution is 1.92. The van der Waals surface area contributed by atoms with Gasteiger partial charge in [0, 0.05) is 129 Å². The Morgan fingerprint density at radius 1 is 0.268 bits per heavy atom. The lowest BCUT2D eigenvalue weighted by Gasteiger charge is -1.82. The van der Waals surface area contributed by atoms with Gasteiger partial charge in [0.05, 0.1) is 18.9 Å². The molecule has 0 aliphatic heterocycles. The van der Waals surface area contributed by atoms with E-state index < -0.39 is 0 Å². The van der Waals surface area contributed by atoms with Crippen LogP contribution in [0.1, 0.15) is 115 Å². The fourth-order valence-electron chi connectivity index (χ4n) is 5.09. The lowest BCUT2D eigenvalue weighted by Crippen LogP contribution is -1.92. The first kappa shape index (κ1) is 89.6. The molecule has 13 aromatic rings. The molecular formula is C72H101N25. The van der Waals surface area contributed by atoms with Crippen LogP contribution in [0.5, 0.6) is 0 Å². The number of nitrogens with zero attached hydrogens (tertiary/aromatic N) is 25. The van der Waals surface area contributed by atoms with Crippen molar-refractivity contribution in [3.05, 3.63) is 307 Å². The number of aromatic nitrogens is 25. The molecule has 0 atom stereocenters. The lowest BCUT2D eigenvalue weighted by molar-refractivity contribution is 0.629. The zero-order valence-corrected chi connectivity index (χ0v) is 60.6. The predicted molar refractivity (Wildman–Crippen MR) is 387 cm³/mol. The van der Waals surface area contributed by atoms with Gasteiger partial charge < -0.3 is 0 Å². The van der Waals surface area contributed by atoms with Crippen LogP contribution in [0.15, 0.2) is 234 Å². The van der Waals surface area contributed by atoms with Crippen LogP contribution in [-0.2, 0) is 14.1 Å². The molecule has 0 aromatic carbocycles. The molecule has 0 bridgehead atoms. The minimum atomic E-state index is 0.711. The van der Waals surface area contributed by atoms with Crippen molar-refractivity contribution >= 4 is 0 Å². The van der Waals surface area contributed by atoms with E-state index in [1.165, 1.54) is 40.5 Å². The standard InChI is InChI=1S/5C6H7N.6C5H6N2.2C3H6N4.3C2H6/c1-6-2-4-7-5-3-6;2*1-6-3-2-4-7-5-6;2*1-6-4-2-3-5-7-6;2*1-5-2-6-4-7-3-5;1-5-2-3-6-4-7-5;1-5-2-3-6-7-4-5;1-5-6-3-2-4-7-5;1-5-3-2-4-6-7-5;1-3-4-5-6-7(3)2;1-3-4-6-7(2)5-3;3*1-2/h5*2-5H,1H3;6*2-4H,1H3;2*1-2H3;3*1-2H3. The quantitative estimate of drug-likeness (QED) is 0.136. The largest absolute Gasteiger partial charge is 0.265 e. The lowest BCUT2D eigenvalue weighted by atomic mass is 10.3. The molecule has 25 nitrogen and oxygen atoms in total. The molecule has 0 aliphatic carbocycles. The van der Waals surface area contributed by atoms with Crippen LogP contribution in [0.25, 0.3) is 0 Å². The predicted octanol–water partition coefficient (Wildman–Crippen LogP) is 13.8. The van der Waals surface area contributed by atoms with Crippen molar-refractivity contribution in [1.82, 2.24) is 126 Å². The first-order chi connectivity index (χ1) is 46.9.